The lowest BCUT2D eigenvalue weighted by Crippen LogP contribution is -2.49. The number of aromatic nitrogens is 2. The number of rotatable bonds is 1. The van der Waals surface area contributed by atoms with Crippen LogP contribution < -0.4 is 4.90 Å². The van der Waals surface area contributed by atoms with Crippen molar-refractivity contribution in [1.82, 2.24) is 9.97 Å². The van der Waals surface area contributed by atoms with E-state index in [1.54, 1.807) is 6.33 Å². The predicted molar refractivity (Wildman–Crippen MR) is 86.8 cm³/mol. The van der Waals surface area contributed by atoms with Crippen LogP contribution >= 0.6 is 0 Å². The number of hydrogen-bond acceptors (Lipinski definition) is 4. The van der Waals surface area contributed by atoms with Gasteiger partial charge in [-0.3, -0.25) is 4.79 Å². The largest absolute Gasteiger partial charge is 0.348 e. The molecule has 2 heterocycles. The van der Waals surface area contributed by atoms with Crippen molar-refractivity contribution in [2.75, 3.05) is 11.4 Å². The molecule has 0 amide bonds. The van der Waals surface area contributed by atoms with Crippen molar-refractivity contribution < 1.29 is 4.79 Å². The number of aryl methyl sites for hydroxylation is 1. The van der Waals surface area contributed by atoms with Gasteiger partial charge in [0.05, 0.1) is 17.5 Å². The molecule has 1 aromatic carbocycles. The summed E-state index contributed by atoms with van der Waals surface area (Å²) in [5.74, 6) is 1.18. The van der Waals surface area contributed by atoms with Crippen molar-refractivity contribution in [3.8, 4) is 0 Å². The number of allylic oxidation sites excluding steroid dienone is 2. The third-order valence-electron chi connectivity index (χ3n) is 4.48. The van der Waals surface area contributed by atoms with Crippen LogP contribution in [0.1, 0.15) is 12.0 Å². The molecule has 2 atom stereocenters. The Hall–Kier alpha value is -2.49. The van der Waals surface area contributed by atoms with Gasteiger partial charge >= 0.3 is 0 Å². The lowest BCUT2D eigenvalue weighted by atomic mass is 9.85. The van der Waals surface area contributed by atoms with E-state index in [1.165, 1.54) is 5.56 Å². The first-order valence-corrected chi connectivity index (χ1v) is 7.60. The second-order valence-electron chi connectivity index (χ2n) is 5.91. The smallest absolute Gasteiger partial charge is 0.143 e. The van der Waals surface area contributed by atoms with Gasteiger partial charge in [-0.1, -0.05) is 35.9 Å². The van der Waals surface area contributed by atoms with E-state index in [-0.39, 0.29) is 12.0 Å². The second kappa shape index (κ2) is 5.05. The Morgan fingerprint density at radius 2 is 2.05 bits per heavy atom. The van der Waals surface area contributed by atoms with Crippen LogP contribution in [0.5, 0.6) is 0 Å². The van der Waals surface area contributed by atoms with E-state index >= 15 is 0 Å². The van der Waals surface area contributed by atoms with Gasteiger partial charge in [0.25, 0.3) is 0 Å². The first-order chi connectivity index (χ1) is 10.7. The number of benzene rings is 1. The minimum Gasteiger partial charge on any atom is -0.348 e. The maximum absolute atomic E-state index is 12.2. The van der Waals surface area contributed by atoms with E-state index in [1.807, 2.05) is 24.3 Å². The molecule has 4 heteroatoms. The first kappa shape index (κ1) is 13.2. The van der Waals surface area contributed by atoms with Gasteiger partial charge in [0, 0.05) is 18.4 Å². The van der Waals surface area contributed by atoms with Crippen LogP contribution in [0.4, 0.5) is 5.82 Å². The molecule has 22 heavy (non-hydrogen) atoms. The maximum atomic E-state index is 12.2. The molecule has 2 aromatic rings. The van der Waals surface area contributed by atoms with Crippen LogP contribution in [0.2, 0.25) is 0 Å². The number of nitrogens with zero attached hydrogens (tertiary/aromatic N) is 3. The van der Waals surface area contributed by atoms with Gasteiger partial charge in [0.15, 0.2) is 0 Å². The Bertz CT molecular complexity index is 809. The highest BCUT2D eigenvalue weighted by Crippen LogP contribution is 2.33. The monoisotopic (exact) mass is 291 g/mol. The third kappa shape index (κ3) is 2.03. The van der Waals surface area contributed by atoms with Gasteiger partial charge in [0.1, 0.15) is 17.9 Å². The van der Waals surface area contributed by atoms with E-state index in [9.17, 15) is 4.79 Å². The van der Waals surface area contributed by atoms with Gasteiger partial charge in [-0.2, -0.15) is 0 Å². The van der Waals surface area contributed by atoms with Crippen LogP contribution in [0.25, 0.3) is 10.9 Å². The lowest BCUT2D eigenvalue weighted by molar-refractivity contribution is -0.122. The van der Waals surface area contributed by atoms with E-state index in [0.29, 0.717) is 18.7 Å². The molecule has 4 rings (SSSR count). The molecule has 0 N–H and O–H groups in total. The van der Waals surface area contributed by atoms with Crippen LogP contribution in [0.3, 0.4) is 0 Å². The number of hydrogen-bond donors (Lipinski definition) is 0. The first-order valence-electron chi connectivity index (χ1n) is 7.60. The Morgan fingerprint density at radius 1 is 1.18 bits per heavy atom. The normalized spacial score (nSPS) is 23.9. The van der Waals surface area contributed by atoms with Crippen molar-refractivity contribution in [2.24, 2.45) is 5.92 Å². The summed E-state index contributed by atoms with van der Waals surface area (Å²) in [7, 11) is 0. The molecule has 0 spiro atoms. The minimum atomic E-state index is -0.0615. The number of Topliss-reactive ketones (excluding diaryl/α,β-unsaturated/α-hetero) is 1. The minimum absolute atomic E-state index is 0.0601. The number of carbonyl (C=O) groups is 1. The fourth-order valence-corrected chi connectivity index (χ4v) is 3.37. The van der Waals surface area contributed by atoms with Gasteiger partial charge < -0.3 is 4.90 Å². The Labute approximate surface area is 129 Å². The highest BCUT2D eigenvalue weighted by molar-refractivity contribution is 5.92. The molecule has 4 nitrogen and oxygen atoms in total. The summed E-state index contributed by atoms with van der Waals surface area (Å²) in [6.07, 6.45) is 10.3. The molecule has 110 valence electrons. The van der Waals surface area contributed by atoms with E-state index in [4.69, 9.17) is 0 Å². The molecule has 2 aliphatic rings. The number of carbonyl (C=O) groups excluding carboxylic acids is 1. The number of ketones is 1. The molecule has 1 aromatic heterocycles. The average Bonchev–Trinajstić information content (AvgIpc) is 2.55. The van der Waals surface area contributed by atoms with Crippen LogP contribution in [-0.2, 0) is 4.79 Å². The molecule has 1 aliphatic carbocycles. The van der Waals surface area contributed by atoms with E-state index < -0.39 is 0 Å². The zero-order chi connectivity index (χ0) is 15.1. The quantitative estimate of drug-likeness (QED) is 0.810. The molecule has 0 radical (unpaired) electrons. The summed E-state index contributed by atoms with van der Waals surface area (Å²) >= 11 is 0. The summed E-state index contributed by atoms with van der Waals surface area (Å²) in [4.78, 5) is 23.3. The number of anilines is 1. The molecule has 0 saturated carbocycles. The van der Waals surface area contributed by atoms with Crippen LogP contribution in [-0.4, -0.2) is 28.3 Å². The third-order valence-corrected chi connectivity index (χ3v) is 4.48. The molecule has 0 bridgehead atoms. The number of fused-ring (bicyclic) bond motifs is 2. The van der Waals surface area contributed by atoms with E-state index in [0.717, 1.165) is 16.7 Å². The molecule has 1 saturated heterocycles. The summed E-state index contributed by atoms with van der Waals surface area (Å²) in [6.45, 7) is 2.78. The van der Waals surface area contributed by atoms with Crippen LogP contribution in [0.15, 0.2) is 48.8 Å². The molecule has 2 unspecified atom stereocenters. The van der Waals surface area contributed by atoms with Crippen molar-refractivity contribution >= 4 is 22.5 Å². The summed E-state index contributed by atoms with van der Waals surface area (Å²) < 4.78 is 0. The summed E-state index contributed by atoms with van der Waals surface area (Å²) in [6, 6.07) is 6.27. The fraction of sp³-hybridized carbons (Fsp3) is 0.278. The zero-order valence-electron chi connectivity index (χ0n) is 12.4. The highest BCUT2D eigenvalue weighted by Gasteiger charge is 2.36. The lowest BCUT2D eigenvalue weighted by Gasteiger charge is -2.40. The predicted octanol–water partition coefficient (Wildman–Crippen LogP) is 2.83. The fourth-order valence-electron chi connectivity index (χ4n) is 3.37. The maximum Gasteiger partial charge on any atom is 0.143 e. The SMILES string of the molecule is Cc1ccc2ncnc(N3CCC(=O)C4C=CC=CC43)c2c1. The average molecular weight is 291 g/mol. The summed E-state index contributed by atoms with van der Waals surface area (Å²) in [5.41, 5.74) is 2.13. The van der Waals surface area contributed by atoms with Gasteiger partial charge in [-0.25, -0.2) is 9.97 Å². The van der Waals surface area contributed by atoms with Crippen LogP contribution in [0, 0.1) is 12.8 Å². The highest BCUT2D eigenvalue weighted by atomic mass is 16.1. The second-order valence-corrected chi connectivity index (χ2v) is 5.91. The zero-order valence-corrected chi connectivity index (χ0v) is 12.4. The van der Waals surface area contributed by atoms with Gasteiger partial charge in [-0.05, 0) is 19.1 Å². The van der Waals surface area contributed by atoms with Crippen molar-refractivity contribution in [3.63, 3.8) is 0 Å². The summed E-state index contributed by atoms with van der Waals surface area (Å²) in [5, 5.41) is 1.05. The topological polar surface area (TPSA) is 46.1 Å². The van der Waals surface area contributed by atoms with Crippen molar-refractivity contribution in [1.29, 1.82) is 0 Å². The Kier molecular flexibility index (Phi) is 3.03. The molecule has 1 fully saturated rings. The van der Waals surface area contributed by atoms with Crippen molar-refractivity contribution in [2.45, 2.75) is 19.4 Å². The Balaban J connectivity index is 1.84. The standard InChI is InChI=1S/C18H17N3O/c1-12-6-7-15-14(10-12)18(20-11-19-15)21-9-8-17(22)13-4-2-3-5-16(13)21/h2-7,10-11,13,16H,8-9H2,1H3. The Morgan fingerprint density at radius 3 is 2.95 bits per heavy atom. The van der Waals surface area contributed by atoms with Gasteiger partial charge in [-0.15, -0.1) is 0 Å². The molecular formula is C18H17N3O. The molecular weight excluding hydrogens is 274 g/mol. The number of piperidine rings is 1. The molecule has 1 aliphatic heterocycles. The van der Waals surface area contributed by atoms with Crippen molar-refractivity contribution in [3.05, 3.63) is 54.4 Å². The van der Waals surface area contributed by atoms with E-state index in [2.05, 4.69) is 40.0 Å². The van der Waals surface area contributed by atoms with Gasteiger partial charge in [0.2, 0.25) is 0 Å².